The first-order valence-electron chi connectivity index (χ1n) is 6.35. The van der Waals surface area contributed by atoms with Crippen LogP contribution in [-0.2, 0) is 19.0 Å². The Bertz CT molecular complexity index is 383. The van der Waals surface area contributed by atoms with Crippen molar-refractivity contribution in [2.24, 2.45) is 11.8 Å². The van der Waals surface area contributed by atoms with Crippen molar-refractivity contribution >= 4 is 5.78 Å². The predicted octanol–water partition coefficient (Wildman–Crippen LogP) is -0.145. The van der Waals surface area contributed by atoms with E-state index in [4.69, 9.17) is 14.2 Å². The van der Waals surface area contributed by atoms with Gasteiger partial charge in [0, 0.05) is 6.61 Å². The largest absolute Gasteiger partial charge is 0.387 e. The number of ether oxygens (including phenoxy) is 3. The summed E-state index contributed by atoms with van der Waals surface area (Å²) in [4.78, 5) is 12.2. The summed E-state index contributed by atoms with van der Waals surface area (Å²) in [7, 11) is 0. The summed E-state index contributed by atoms with van der Waals surface area (Å²) in [5.41, 5.74) is -0.921. The molecule has 17 heavy (non-hydrogen) atoms. The maximum absolute atomic E-state index is 12.2. The number of ketones is 1. The Morgan fingerprint density at radius 2 is 2.35 bits per heavy atom. The quantitative estimate of drug-likeness (QED) is 0.727. The zero-order chi connectivity index (χ0) is 11.8. The molecule has 94 valence electrons. The van der Waals surface area contributed by atoms with Gasteiger partial charge in [-0.15, -0.1) is 0 Å². The fourth-order valence-corrected chi connectivity index (χ4v) is 4.16. The van der Waals surface area contributed by atoms with Crippen LogP contribution in [0.5, 0.6) is 0 Å². The van der Waals surface area contributed by atoms with E-state index in [1.165, 1.54) is 0 Å². The van der Waals surface area contributed by atoms with Gasteiger partial charge in [0.1, 0.15) is 17.8 Å². The Morgan fingerprint density at radius 1 is 1.53 bits per heavy atom. The maximum atomic E-state index is 12.2. The molecule has 0 aromatic carbocycles. The molecule has 0 aromatic rings. The Morgan fingerprint density at radius 3 is 3.12 bits per heavy atom. The van der Waals surface area contributed by atoms with Crippen LogP contribution < -0.4 is 0 Å². The molecule has 0 radical (unpaired) electrons. The van der Waals surface area contributed by atoms with Crippen LogP contribution in [0.1, 0.15) is 19.8 Å². The van der Waals surface area contributed by atoms with Gasteiger partial charge in [-0.05, 0) is 19.8 Å². The summed E-state index contributed by atoms with van der Waals surface area (Å²) in [5.74, 6) is -0.358. The summed E-state index contributed by atoms with van der Waals surface area (Å²) in [6, 6.07) is 0. The van der Waals surface area contributed by atoms with Gasteiger partial charge in [-0.2, -0.15) is 0 Å². The van der Waals surface area contributed by atoms with Crippen LogP contribution in [-0.4, -0.2) is 47.7 Å². The molecule has 1 N–H and O–H groups in total. The Labute approximate surface area is 99.0 Å². The van der Waals surface area contributed by atoms with Crippen LogP contribution >= 0.6 is 0 Å². The molecule has 5 saturated heterocycles. The smallest absolute Gasteiger partial charge is 0.170 e. The Balaban J connectivity index is 1.79. The third-order valence-electron chi connectivity index (χ3n) is 4.80. The number of hydrogen-bond donors (Lipinski definition) is 1. The SMILES string of the molecule is CCO[C@@H]1O[C@H]2C(=O)[C@H]3C1[C@@]1(O)CC[C@@H]3O[C@@H]21. The summed E-state index contributed by atoms with van der Waals surface area (Å²) in [6.07, 6.45) is -0.107. The molecule has 7 atom stereocenters. The average molecular weight is 240 g/mol. The average Bonchev–Trinajstić information content (AvgIpc) is 2.30. The topological polar surface area (TPSA) is 65.0 Å². The number of aliphatic hydroxyl groups is 1. The van der Waals surface area contributed by atoms with E-state index >= 15 is 0 Å². The van der Waals surface area contributed by atoms with E-state index in [9.17, 15) is 9.90 Å². The molecule has 7 rings (SSSR count). The van der Waals surface area contributed by atoms with Crippen LogP contribution in [0.4, 0.5) is 0 Å². The fourth-order valence-electron chi connectivity index (χ4n) is 4.16. The van der Waals surface area contributed by atoms with Gasteiger partial charge in [-0.25, -0.2) is 0 Å². The van der Waals surface area contributed by atoms with Crippen LogP contribution in [0.15, 0.2) is 0 Å². The number of carbonyl (C=O) groups excluding carboxylic acids is 1. The minimum absolute atomic E-state index is 0.0327. The van der Waals surface area contributed by atoms with Crippen LogP contribution in [0.25, 0.3) is 0 Å². The molecule has 7 fully saturated rings. The highest BCUT2D eigenvalue weighted by Gasteiger charge is 2.74. The van der Waals surface area contributed by atoms with Crippen molar-refractivity contribution in [3.05, 3.63) is 0 Å². The molecular formula is C12H16O5. The van der Waals surface area contributed by atoms with Gasteiger partial charge in [0.05, 0.1) is 17.9 Å². The van der Waals surface area contributed by atoms with Crippen molar-refractivity contribution in [3.63, 3.8) is 0 Å². The number of hydrogen-bond acceptors (Lipinski definition) is 5. The van der Waals surface area contributed by atoms with E-state index in [-0.39, 0.29) is 23.7 Å². The monoisotopic (exact) mass is 240 g/mol. The normalized spacial score (nSPS) is 59.1. The third-order valence-corrected chi connectivity index (χ3v) is 4.80. The van der Waals surface area contributed by atoms with Crippen molar-refractivity contribution in [2.45, 2.75) is 50.0 Å². The maximum Gasteiger partial charge on any atom is 0.170 e. The lowest BCUT2D eigenvalue weighted by Crippen LogP contribution is -2.82. The van der Waals surface area contributed by atoms with Crippen molar-refractivity contribution < 1.29 is 24.1 Å². The van der Waals surface area contributed by atoms with Gasteiger partial charge in [0.15, 0.2) is 12.1 Å². The summed E-state index contributed by atoms with van der Waals surface area (Å²) < 4.78 is 16.9. The molecule has 2 saturated carbocycles. The second kappa shape index (κ2) is 3.09. The second-order valence-corrected chi connectivity index (χ2v) is 5.46. The van der Waals surface area contributed by atoms with Gasteiger partial charge >= 0.3 is 0 Å². The van der Waals surface area contributed by atoms with Gasteiger partial charge in [-0.3, -0.25) is 4.79 Å². The fraction of sp³-hybridized carbons (Fsp3) is 0.917. The lowest BCUT2D eigenvalue weighted by atomic mass is 9.53. The molecular weight excluding hydrogens is 224 g/mol. The van der Waals surface area contributed by atoms with Crippen molar-refractivity contribution in [1.82, 2.24) is 0 Å². The van der Waals surface area contributed by atoms with Crippen molar-refractivity contribution in [2.75, 3.05) is 6.61 Å². The first-order chi connectivity index (χ1) is 8.16. The van der Waals surface area contributed by atoms with Crippen molar-refractivity contribution in [3.8, 4) is 0 Å². The van der Waals surface area contributed by atoms with E-state index in [0.717, 1.165) is 6.42 Å². The van der Waals surface area contributed by atoms with E-state index < -0.39 is 24.1 Å². The minimum atomic E-state index is -0.921. The first kappa shape index (κ1) is 10.4. The van der Waals surface area contributed by atoms with Crippen LogP contribution in [0, 0.1) is 11.8 Å². The number of carbonyl (C=O) groups is 1. The molecule has 0 spiro atoms. The van der Waals surface area contributed by atoms with Crippen LogP contribution in [0.3, 0.4) is 0 Å². The van der Waals surface area contributed by atoms with Gasteiger partial charge in [-0.1, -0.05) is 0 Å². The highest BCUT2D eigenvalue weighted by Crippen LogP contribution is 2.59. The number of Topliss-reactive ketones (excluding diaryl/α,β-unsaturated/α-hetero) is 1. The highest BCUT2D eigenvalue weighted by molar-refractivity contribution is 5.90. The molecule has 5 aliphatic heterocycles. The molecule has 5 heteroatoms. The zero-order valence-electron chi connectivity index (χ0n) is 9.67. The standard InChI is InChI=1S/C12H16O5/c1-2-15-11-7-6-5-3-4-12(7,14)10(16-5)9(17-11)8(6)13/h5-7,9-11,14H,2-4H2,1H3/t5-,6+,7?,9-,10-,11+,12-/m0/s1. The van der Waals surface area contributed by atoms with Gasteiger partial charge < -0.3 is 19.3 Å². The van der Waals surface area contributed by atoms with E-state index in [0.29, 0.717) is 13.0 Å². The predicted molar refractivity (Wildman–Crippen MR) is 55.1 cm³/mol. The molecule has 1 unspecified atom stereocenters. The number of rotatable bonds is 2. The molecule has 0 aromatic heterocycles. The third kappa shape index (κ3) is 1.03. The number of fused-ring (bicyclic) bond motifs is 2. The molecule has 6 bridgehead atoms. The van der Waals surface area contributed by atoms with E-state index in [1.807, 2.05) is 6.92 Å². The van der Waals surface area contributed by atoms with E-state index in [2.05, 4.69) is 0 Å². The highest BCUT2D eigenvalue weighted by atomic mass is 16.7. The lowest BCUT2D eigenvalue weighted by molar-refractivity contribution is -0.398. The Hall–Kier alpha value is -0.490. The first-order valence-corrected chi connectivity index (χ1v) is 6.35. The van der Waals surface area contributed by atoms with E-state index in [1.54, 1.807) is 0 Å². The summed E-state index contributed by atoms with van der Waals surface area (Å²) in [6.45, 7) is 2.42. The van der Waals surface area contributed by atoms with Crippen molar-refractivity contribution in [1.29, 1.82) is 0 Å². The summed E-state index contributed by atoms with van der Waals surface area (Å²) in [5, 5.41) is 10.8. The van der Waals surface area contributed by atoms with Gasteiger partial charge in [0.2, 0.25) is 0 Å². The lowest BCUT2D eigenvalue weighted by Gasteiger charge is -2.67. The Kier molecular flexibility index (Phi) is 1.90. The molecule has 2 aliphatic carbocycles. The zero-order valence-corrected chi connectivity index (χ0v) is 9.67. The summed E-state index contributed by atoms with van der Waals surface area (Å²) >= 11 is 0. The van der Waals surface area contributed by atoms with Gasteiger partial charge in [0.25, 0.3) is 0 Å². The molecule has 5 heterocycles. The van der Waals surface area contributed by atoms with Crippen LogP contribution in [0.2, 0.25) is 0 Å². The minimum Gasteiger partial charge on any atom is -0.387 e. The molecule has 7 aliphatic rings. The second-order valence-electron chi connectivity index (χ2n) is 5.46. The molecule has 5 nitrogen and oxygen atoms in total. The molecule has 0 amide bonds.